The molecule has 0 aromatic carbocycles. The van der Waals surface area contributed by atoms with Crippen LogP contribution in [0.5, 0.6) is 0 Å². The third kappa shape index (κ3) is 3.26. The quantitative estimate of drug-likeness (QED) is 0.622. The molecule has 1 aliphatic carbocycles. The Morgan fingerprint density at radius 2 is 2.29 bits per heavy atom. The Morgan fingerprint density at radius 3 is 2.88 bits per heavy atom. The molecule has 17 heavy (non-hydrogen) atoms. The molecule has 1 aliphatic heterocycles. The number of carbonyl (C=O) groups excluding carboxylic acids is 2. The number of rotatable bonds is 3. The van der Waals surface area contributed by atoms with Gasteiger partial charge in [-0.25, -0.2) is 5.43 Å². The minimum absolute atomic E-state index is 0.152. The van der Waals surface area contributed by atoms with Crippen LogP contribution in [0.3, 0.4) is 0 Å². The van der Waals surface area contributed by atoms with E-state index in [-0.39, 0.29) is 17.9 Å². The van der Waals surface area contributed by atoms with Crippen molar-refractivity contribution in [2.75, 3.05) is 6.54 Å². The minimum Gasteiger partial charge on any atom is -0.393 e. The van der Waals surface area contributed by atoms with Crippen LogP contribution >= 0.6 is 0 Å². The molecule has 0 saturated heterocycles. The van der Waals surface area contributed by atoms with Crippen LogP contribution in [0.1, 0.15) is 32.1 Å². The summed E-state index contributed by atoms with van der Waals surface area (Å²) in [6, 6.07) is 0. The number of hydrazone groups is 1. The van der Waals surface area contributed by atoms with Crippen molar-refractivity contribution in [1.29, 1.82) is 0 Å². The Labute approximate surface area is 99.5 Å². The van der Waals surface area contributed by atoms with Gasteiger partial charge in [0.1, 0.15) is 5.71 Å². The maximum Gasteiger partial charge on any atom is 0.267 e. The van der Waals surface area contributed by atoms with Crippen molar-refractivity contribution in [3.63, 3.8) is 0 Å². The highest BCUT2D eigenvalue weighted by atomic mass is 16.3. The van der Waals surface area contributed by atoms with Gasteiger partial charge in [-0.2, -0.15) is 5.10 Å². The lowest BCUT2D eigenvalue weighted by Gasteiger charge is -2.14. The SMILES string of the molecule is O=C1CCC(C(=O)NCC2CCC(O)C2)=NN1. The van der Waals surface area contributed by atoms with Gasteiger partial charge >= 0.3 is 0 Å². The van der Waals surface area contributed by atoms with Gasteiger partial charge in [0.25, 0.3) is 5.91 Å². The summed E-state index contributed by atoms with van der Waals surface area (Å²) >= 11 is 0. The first-order chi connectivity index (χ1) is 8.15. The third-order valence-corrected chi connectivity index (χ3v) is 3.23. The van der Waals surface area contributed by atoms with E-state index in [0.29, 0.717) is 31.0 Å². The van der Waals surface area contributed by atoms with E-state index in [1.54, 1.807) is 0 Å². The van der Waals surface area contributed by atoms with E-state index in [1.807, 2.05) is 0 Å². The van der Waals surface area contributed by atoms with Gasteiger partial charge in [0.05, 0.1) is 6.10 Å². The number of carbonyl (C=O) groups is 2. The first-order valence-corrected chi connectivity index (χ1v) is 5.97. The lowest BCUT2D eigenvalue weighted by atomic mass is 10.1. The van der Waals surface area contributed by atoms with Crippen LogP contribution in [0.2, 0.25) is 0 Å². The average molecular weight is 239 g/mol. The third-order valence-electron chi connectivity index (χ3n) is 3.23. The molecular formula is C11H17N3O3. The molecule has 1 fully saturated rings. The van der Waals surface area contributed by atoms with Crippen molar-refractivity contribution in [1.82, 2.24) is 10.7 Å². The average Bonchev–Trinajstić information content (AvgIpc) is 2.73. The summed E-state index contributed by atoms with van der Waals surface area (Å²) < 4.78 is 0. The number of nitrogens with one attached hydrogen (secondary N) is 2. The van der Waals surface area contributed by atoms with Crippen molar-refractivity contribution in [3.05, 3.63) is 0 Å². The van der Waals surface area contributed by atoms with E-state index in [9.17, 15) is 14.7 Å². The summed E-state index contributed by atoms with van der Waals surface area (Å²) in [5.41, 5.74) is 2.67. The molecule has 1 heterocycles. The van der Waals surface area contributed by atoms with Crippen LogP contribution in [-0.4, -0.2) is 35.3 Å². The van der Waals surface area contributed by atoms with Crippen LogP contribution in [-0.2, 0) is 9.59 Å². The van der Waals surface area contributed by atoms with E-state index < -0.39 is 0 Å². The molecule has 2 aliphatic rings. The topological polar surface area (TPSA) is 90.8 Å². The van der Waals surface area contributed by atoms with Gasteiger partial charge < -0.3 is 10.4 Å². The Balaban J connectivity index is 1.76. The molecule has 94 valence electrons. The second kappa shape index (κ2) is 5.27. The minimum atomic E-state index is -0.219. The second-order valence-corrected chi connectivity index (χ2v) is 4.64. The van der Waals surface area contributed by atoms with E-state index in [2.05, 4.69) is 15.8 Å². The van der Waals surface area contributed by atoms with Crippen LogP contribution in [0.15, 0.2) is 5.10 Å². The summed E-state index contributed by atoms with van der Waals surface area (Å²) in [7, 11) is 0. The van der Waals surface area contributed by atoms with Crippen LogP contribution in [0, 0.1) is 5.92 Å². The van der Waals surface area contributed by atoms with Gasteiger partial charge in [-0.05, 0) is 25.2 Å². The fourth-order valence-electron chi connectivity index (χ4n) is 2.21. The molecule has 1 saturated carbocycles. The van der Waals surface area contributed by atoms with Crippen molar-refractivity contribution >= 4 is 17.5 Å². The highest BCUT2D eigenvalue weighted by Crippen LogP contribution is 2.24. The normalized spacial score (nSPS) is 28.5. The number of nitrogens with zero attached hydrogens (tertiary/aromatic N) is 1. The van der Waals surface area contributed by atoms with E-state index in [4.69, 9.17) is 0 Å². The van der Waals surface area contributed by atoms with Crippen molar-refractivity contribution < 1.29 is 14.7 Å². The lowest BCUT2D eigenvalue weighted by molar-refractivity contribution is -0.121. The summed E-state index contributed by atoms with van der Waals surface area (Å²) in [5, 5.41) is 15.9. The van der Waals surface area contributed by atoms with Gasteiger partial charge in [-0.1, -0.05) is 0 Å². The predicted molar refractivity (Wildman–Crippen MR) is 61.2 cm³/mol. The van der Waals surface area contributed by atoms with Crippen molar-refractivity contribution in [2.45, 2.75) is 38.2 Å². The fourth-order valence-corrected chi connectivity index (χ4v) is 2.21. The van der Waals surface area contributed by atoms with Crippen molar-refractivity contribution in [2.24, 2.45) is 11.0 Å². The van der Waals surface area contributed by atoms with E-state index in [1.165, 1.54) is 0 Å². The highest BCUT2D eigenvalue weighted by molar-refractivity contribution is 6.39. The molecule has 6 heteroatoms. The van der Waals surface area contributed by atoms with E-state index in [0.717, 1.165) is 19.3 Å². The summed E-state index contributed by atoms with van der Waals surface area (Å²) in [6.07, 6.45) is 3.01. The number of aliphatic hydroxyl groups is 1. The zero-order chi connectivity index (χ0) is 12.3. The molecule has 2 amide bonds. The van der Waals surface area contributed by atoms with Gasteiger partial charge in [-0.3, -0.25) is 9.59 Å². The molecular weight excluding hydrogens is 222 g/mol. The maximum atomic E-state index is 11.7. The van der Waals surface area contributed by atoms with Gasteiger partial charge in [0, 0.05) is 19.4 Å². The maximum absolute atomic E-state index is 11.7. The molecule has 0 radical (unpaired) electrons. The number of hydrogen-bond donors (Lipinski definition) is 3. The standard InChI is InChI=1S/C11H17N3O3/c15-8-2-1-7(5-8)6-12-11(17)9-3-4-10(16)14-13-9/h7-8,15H,1-6H2,(H,12,17)(H,14,16). The smallest absolute Gasteiger partial charge is 0.267 e. The molecule has 0 bridgehead atoms. The summed E-state index contributed by atoms with van der Waals surface area (Å²) in [4.78, 5) is 22.5. The molecule has 2 unspecified atom stereocenters. The lowest BCUT2D eigenvalue weighted by Crippen LogP contribution is -2.38. The molecule has 0 spiro atoms. The number of aliphatic hydroxyl groups excluding tert-OH is 1. The summed E-state index contributed by atoms with van der Waals surface area (Å²) in [6.45, 7) is 0.572. The van der Waals surface area contributed by atoms with Gasteiger partial charge in [-0.15, -0.1) is 0 Å². The van der Waals surface area contributed by atoms with Crippen LogP contribution < -0.4 is 10.7 Å². The van der Waals surface area contributed by atoms with Crippen LogP contribution in [0.4, 0.5) is 0 Å². The molecule has 3 N–H and O–H groups in total. The molecule has 6 nitrogen and oxygen atoms in total. The number of hydrogen-bond acceptors (Lipinski definition) is 4. The Kier molecular flexibility index (Phi) is 3.73. The zero-order valence-electron chi connectivity index (χ0n) is 9.61. The monoisotopic (exact) mass is 239 g/mol. The Bertz CT molecular complexity index is 354. The zero-order valence-corrected chi connectivity index (χ0v) is 9.61. The molecule has 2 rings (SSSR count). The van der Waals surface area contributed by atoms with Gasteiger partial charge in [0.15, 0.2) is 0 Å². The first-order valence-electron chi connectivity index (χ1n) is 5.97. The molecule has 0 aromatic heterocycles. The van der Waals surface area contributed by atoms with Crippen LogP contribution in [0.25, 0.3) is 0 Å². The second-order valence-electron chi connectivity index (χ2n) is 4.64. The van der Waals surface area contributed by atoms with Crippen molar-refractivity contribution in [3.8, 4) is 0 Å². The highest BCUT2D eigenvalue weighted by Gasteiger charge is 2.24. The van der Waals surface area contributed by atoms with Gasteiger partial charge in [0.2, 0.25) is 5.91 Å². The molecule has 2 atom stereocenters. The summed E-state index contributed by atoms with van der Waals surface area (Å²) in [5.74, 6) is -0.0143. The first kappa shape index (κ1) is 12.0. The molecule has 0 aromatic rings. The Hall–Kier alpha value is -1.43. The predicted octanol–water partition coefficient (Wildman–Crippen LogP) is -0.470. The largest absolute Gasteiger partial charge is 0.393 e. The fraction of sp³-hybridized carbons (Fsp3) is 0.727. The number of amides is 2. The van der Waals surface area contributed by atoms with E-state index >= 15 is 0 Å². The Morgan fingerprint density at radius 1 is 1.47 bits per heavy atom.